The van der Waals surface area contributed by atoms with Gasteiger partial charge in [-0.2, -0.15) is 11.8 Å². The molecule has 3 nitrogen and oxygen atoms in total. The second-order valence-corrected chi connectivity index (χ2v) is 5.31. The first-order valence-electron chi connectivity index (χ1n) is 5.01. The molecule has 0 radical (unpaired) electrons. The van der Waals surface area contributed by atoms with Crippen molar-refractivity contribution in [3.05, 3.63) is 0 Å². The number of carbonyl (C=O) groups is 1. The topological polar surface area (TPSA) is 38.8 Å². The number of esters is 1. The number of hydrogen-bond acceptors (Lipinski definition) is 4. The van der Waals surface area contributed by atoms with Crippen LogP contribution in [0.3, 0.4) is 0 Å². The van der Waals surface area contributed by atoms with E-state index in [2.05, 4.69) is 0 Å². The lowest BCUT2D eigenvalue weighted by molar-refractivity contribution is -0.146. The Balaban J connectivity index is 2.09. The van der Waals surface area contributed by atoms with Crippen molar-refractivity contribution in [1.29, 1.82) is 0 Å². The van der Waals surface area contributed by atoms with E-state index >= 15 is 0 Å². The molecule has 14 heavy (non-hydrogen) atoms. The van der Waals surface area contributed by atoms with Gasteiger partial charge in [-0.05, 0) is 37.7 Å². The van der Waals surface area contributed by atoms with Gasteiger partial charge in [-0.3, -0.25) is 0 Å². The largest absolute Gasteiger partial charge is 0.467 e. The van der Waals surface area contributed by atoms with Crippen LogP contribution in [0.25, 0.3) is 0 Å². The standard InChI is InChI=1S/C10H16O3S/c1-9(8(11)12-2)10(13-9)4-3-6-14-7-5-10/h3-7H2,1-2H3. The summed E-state index contributed by atoms with van der Waals surface area (Å²) < 4.78 is 10.5. The molecule has 2 unspecified atom stereocenters. The zero-order chi connectivity index (χ0) is 10.2. The van der Waals surface area contributed by atoms with Gasteiger partial charge in [-0.25, -0.2) is 4.79 Å². The minimum Gasteiger partial charge on any atom is -0.467 e. The van der Waals surface area contributed by atoms with E-state index in [1.165, 1.54) is 12.9 Å². The molecule has 80 valence electrons. The van der Waals surface area contributed by atoms with E-state index < -0.39 is 5.60 Å². The lowest BCUT2D eigenvalue weighted by atomic mass is 9.88. The second kappa shape index (κ2) is 3.42. The van der Waals surface area contributed by atoms with Crippen molar-refractivity contribution < 1.29 is 14.3 Å². The first-order valence-corrected chi connectivity index (χ1v) is 6.16. The van der Waals surface area contributed by atoms with Crippen LogP contribution >= 0.6 is 11.8 Å². The van der Waals surface area contributed by atoms with E-state index in [1.807, 2.05) is 18.7 Å². The van der Waals surface area contributed by atoms with Gasteiger partial charge in [0.25, 0.3) is 0 Å². The number of rotatable bonds is 1. The summed E-state index contributed by atoms with van der Waals surface area (Å²) >= 11 is 1.95. The quantitative estimate of drug-likeness (QED) is 0.493. The monoisotopic (exact) mass is 216 g/mol. The Hall–Kier alpha value is -0.220. The second-order valence-electron chi connectivity index (χ2n) is 4.09. The SMILES string of the molecule is COC(=O)C1(C)OC12CCCSCC2. The summed E-state index contributed by atoms with van der Waals surface area (Å²) in [6.07, 6.45) is 3.10. The maximum atomic E-state index is 11.5. The van der Waals surface area contributed by atoms with Crippen molar-refractivity contribution in [2.75, 3.05) is 18.6 Å². The van der Waals surface area contributed by atoms with Crippen LogP contribution in [-0.4, -0.2) is 35.8 Å². The number of ether oxygens (including phenoxy) is 2. The van der Waals surface area contributed by atoms with Gasteiger partial charge < -0.3 is 9.47 Å². The summed E-state index contributed by atoms with van der Waals surface area (Å²) in [5.74, 6) is 2.05. The van der Waals surface area contributed by atoms with E-state index in [-0.39, 0.29) is 11.6 Å². The summed E-state index contributed by atoms with van der Waals surface area (Å²) in [6.45, 7) is 1.86. The van der Waals surface area contributed by atoms with E-state index in [4.69, 9.17) is 9.47 Å². The molecule has 0 saturated carbocycles. The highest BCUT2D eigenvalue weighted by Gasteiger charge is 2.71. The van der Waals surface area contributed by atoms with Crippen LogP contribution in [0.5, 0.6) is 0 Å². The molecule has 2 aliphatic rings. The fourth-order valence-corrected chi connectivity index (χ4v) is 3.32. The predicted octanol–water partition coefficient (Wildman–Crippen LogP) is 1.60. The van der Waals surface area contributed by atoms with Crippen LogP contribution < -0.4 is 0 Å². The van der Waals surface area contributed by atoms with Gasteiger partial charge in [0.05, 0.1) is 7.11 Å². The smallest absolute Gasteiger partial charge is 0.340 e. The summed E-state index contributed by atoms with van der Waals surface area (Å²) in [5, 5.41) is 0. The van der Waals surface area contributed by atoms with Crippen LogP contribution in [0.2, 0.25) is 0 Å². The Morgan fingerprint density at radius 1 is 1.43 bits per heavy atom. The van der Waals surface area contributed by atoms with Crippen LogP contribution in [0.15, 0.2) is 0 Å². The maximum absolute atomic E-state index is 11.5. The maximum Gasteiger partial charge on any atom is 0.340 e. The fraction of sp³-hybridized carbons (Fsp3) is 0.900. The first kappa shape index (κ1) is 10.3. The number of carbonyl (C=O) groups excluding carboxylic acids is 1. The average molecular weight is 216 g/mol. The van der Waals surface area contributed by atoms with Crippen molar-refractivity contribution in [1.82, 2.24) is 0 Å². The average Bonchev–Trinajstić information content (AvgIpc) is 2.86. The van der Waals surface area contributed by atoms with Gasteiger partial charge in [0.1, 0.15) is 5.60 Å². The Morgan fingerprint density at radius 2 is 2.21 bits per heavy atom. The van der Waals surface area contributed by atoms with Crippen molar-refractivity contribution in [3.8, 4) is 0 Å². The summed E-state index contributed by atoms with van der Waals surface area (Å²) in [4.78, 5) is 11.5. The molecular formula is C10H16O3S. The molecular weight excluding hydrogens is 200 g/mol. The van der Waals surface area contributed by atoms with Crippen LogP contribution in [0, 0.1) is 0 Å². The predicted molar refractivity (Wildman–Crippen MR) is 55.4 cm³/mol. The fourth-order valence-electron chi connectivity index (χ4n) is 2.29. The third kappa shape index (κ3) is 1.36. The first-order chi connectivity index (χ1) is 6.65. The Labute approximate surface area is 88.5 Å². The molecule has 0 aromatic rings. The van der Waals surface area contributed by atoms with Gasteiger partial charge in [0.2, 0.25) is 0 Å². The third-order valence-electron chi connectivity index (χ3n) is 3.32. The molecule has 1 spiro atoms. The molecule has 0 aromatic heterocycles. The zero-order valence-electron chi connectivity index (χ0n) is 8.67. The van der Waals surface area contributed by atoms with E-state index in [0.29, 0.717) is 0 Å². The number of methoxy groups -OCH3 is 1. The molecule has 0 aromatic carbocycles. The van der Waals surface area contributed by atoms with E-state index in [0.717, 1.165) is 25.0 Å². The number of hydrogen-bond donors (Lipinski definition) is 0. The van der Waals surface area contributed by atoms with E-state index in [1.54, 1.807) is 0 Å². The molecule has 0 bridgehead atoms. The summed E-state index contributed by atoms with van der Waals surface area (Å²) in [7, 11) is 1.43. The van der Waals surface area contributed by atoms with Crippen LogP contribution in [0.4, 0.5) is 0 Å². The van der Waals surface area contributed by atoms with Gasteiger partial charge >= 0.3 is 5.97 Å². The minimum absolute atomic E-state index is 0.205. The van der Waals surface area contributed by atoms with Gasteiger partial charge in [0.15, 0.2) is 5.60 Å². The number of thioether (sulfide) groups is 1. The lowest BCUT2D eigenvalue weighted by Crippen LogP contribution is -2.32. The van der Waals surface area contributed by atoms with Crippen LogP contribution in [-0.2, 0) is 14.3 Å². The molecule has 2 fully saturated rings. The molecule has 2 heterocycles. The molecule has 0 amide bonds. The Bertz CT molecular complexity index is 246. The third-order valence-corrected chi connectivity index (χ3v) is 4.39. The van der Waals surface area contributed by atoms with Gasteiger partial charge in [0, 0.05) is 0 Å². The van der Waals surface area contributed by atoms with Gasteiger partial charge in [-0.1, -0.05) is 0 Å². The molecule has 2 atom stereocenters. The lowest BCUT2D eigenvalue weighted by Gasteiger charge is -2.12. The highest BCUT2D eigenvalue weighted by atomic mass is 32.2. The molecule has 2 rings (SSSR count). The Kier molecular flexibility index (Phi) is 2.52. The van der Waals surface area contributed by atoms with E-state index in [9.17, 15) is 4.79 Å². The van der Waals surface area contributed by atoms with Gasteiger partial charge in [-0.15, -0.1) is 0 Å². The number of epoxide rings is 1. The van der Waals surface area contributed by atoms with Crippen molar-refractivity contribution in [2.45, 2.75) is 37.4 Å². The molecule has 2 aliphatic heterocycles. The molecule has 0 aliphatic carbocycles. The summed E-state index contributed by atoms with van der Waals surface area (Å²) in [5.41, 5.74) is -0.865. The minimum atomic E-state index is -0.660. The van der Waals surface area contributed by atoms with Crippen LogP contribution in [0.1, 0.15) is 26.2 Å². The Morgan fingerprint density at radius 3 is 2.93 bits per heavy atom. The highest BCUT2D eigenvalue weighted by molar-refractivity contribution is 7.99. The van der Waals surface area contributed by atoms with Crippen molar-refractivity contribution in [3.63, 3.8) is 0 Å². The normalized spacial score (nSPS) is 41.9. The molecule has 0 N–H and O–H groups in total. The molecule has 4 heteroatoms. The summed E-state index contributed by atoms with van der Waals surface area (Å²) in [6, 6.07) is 0. The highest BCUT2D eigenvalue weighted by Crippen LogP contribution is 2.55. The molecule has 2 saturated heterocycles. The zero-order valence-corrected chi connectivity index (χ0v) is 9.49. The van der Waals surface area contributed by atoms with Crippen molar-refractivity contribution in [2.24, 2.45) is 0 Å². The van der Waals surface area contributed by atoms with Crippen molar-refractivity contribution >= 4 is 17.7 Å².